The first-order valence-electron chi connectivity index (χ1n) is 8.01. The fourth-order valence-electron chi connectivity index (χ4n) is 2.83. The average Bonchev–Trinajstić information content (AvgIpc) is 3.01. The van der Waals surface area contributed by atoms with Gasteiger partial charge in [0, 0.05) is 29.2 Å². The van der Waals surface area contributed by atoms with Crippen LogP contribution in [0.1, 0.15) is 41.7 Å². The smallest absolute Gasteiger partial charge is 0.251 e. The molecule has 24 heavy (non-hydrogen) atoms. The van der Waals surface area contributed by atoms with Crippen molar-refractivity contribution in [1.29, 1.82) is 0 Å². The Morgan fingerprint density at radius 1 is 1.12 bits per heavy atom. The molecule has 1 heterocycles. The van der Waals surface area contributed by atoms with Crippen LogP contribution in [0.15, 0.2) is 48.5 Å². The summed E-state index contributed by atoms with van der Waals surface area (Å²) in [5.41, 5.74) is 2.41. The van der Waals surface area contributed by atoms with Crippen LogP contribution >= 0.6 is 11.6 Å². The topological polar surface area (TPSA) is 49.4 Å². The van der Waals surface area contributed by atoms with Gasteiger partial charge in [0.05, 0.1) is 6.04 Å². The minimum atomic E-state index is -0.142. The van der Waals surface area contributed by atoms with Gasteiger partial charge in [-0.05, 0) is 55.3 Å². The summed E-state index contributed by atoms with van der Waals surface area (Å²) in [7, 11) is 0. The number of hydrogen-bond acceptors (Lipinski definition) is 2. The van der Waals surface area contributed by atoms with Crippen molar-refractivity contribution >= 4 is 29.1 Å². The van der Waals surface area contributed by atoms with Gasteiger partial charge in [0.2, 0.25) is 5.91 Å². The number of nitrogens with one attached hydrogen (secondary N) is 1. The monoisotopic (exact) mass is 342 g/mol. The first-order chi connectivity index (χ1) is 11.5. The first kappa shape index (κ1) is 16.5. The van der Waals surface area contributed by atoms with Gasteiger partial charge in [0.15, 0.2) is 0 Å². The van der Waals surface area contributed by atoms with Crippen LogP contribution in [0.2, 0.25) is 5.02 Å². The van der Waals surface area contributed by atoms with E-state index in [1.165, 1.54) is 0 Å². The summed E-state index contributed by atoms with van der Waals surface area (Å²) in [6.07, 6.45) is 1.49. The lowest BCUT2D eigenvalue weighted by Gasteiger charge is -2.17. The minimum absolute atomic E-state index is 0.116. The molecule has 0 radical (unpaired) electrons. The Kier molecular flexibility index (Phi) is 4.86. The second-order valence-corrected chi connectivity index (χ2v) is 6.38. The highest BCUT2D eigenvalue weighted by atomic mass is 35.5. The highest BCUT2D eigenvalue weighted by Gasteiger charge is 2.21. The molecule has 3 rings (SSSR count). The third-order valence-electron chi connectivity index (χ3n) is 4.23. The highest BCUT2D eigenvalue weighted by Crippen LogP contribution is 2.22. The SMILES string of the molecule is CC(NC(=O)c1ccc(N2CCCC2=O)cc1)c1ccc(Cl)cc1. The van der Waals surface area contributed by atoms with Crippen LogP contribution in [-0.4, -0.2) is 18.4 Å². The molecule has 0 aliphatic carbocycles. The minimum Gasteiger partial charge on any atom is -0.346 e. The molecule has 2 amide bonds. The molecule has 0 aromatic heterocycles. The van der Waals surface area contributed by atoms with Crippen molar-refractivity contribution in [3.05, 3.63) is 64.7 Å². The summed E-state index contributed by atoms with van der Waals surface area (Å²) in [6.45, 7) is 2.68. The molecule has 2 aromatic rings. The van der Waals surface area contributed by atoms with Gasteiger partial charge in [0.25, 0.3) is 5.91 Å². The van der Waals surface area contributed by atoms with E-state index < -0.39 is 0 Å². The Labute approximate surface area is 146 Å². The van der Waals surface area contributed by atoms with Gasteiger partial charge in [-0.2, -0.15) is 0 Å². The second kappa shape index (κ2) is 7.05. The maximum Gasteiger partial charge on any atom is 0.251 e. The van der Waals surface area contributed by atoms with Crippen LogP contribution in [0.5, 0.6) is 0 Å². The van der Waals surface area contributed by atoms with Gasteiger partial charge in [0.1, 0.15) is 0 Å². The van der Waals surface area contributed by atoms with Crippen molar-refractivity contribution < 1.29 is 9.59 Å². The molecule has 0 bridgehead atoms. The molecule has 1 aliphatic rings. The predicted octanol–water partition coefficient (Wildman–Crippen LogP) is 3.96. The maximum absolute atomic E-state index is 12.4. The second-order valence-electron chi connectivity index (χ2n) is 5.94. The van der Waals surface area contributed by atoms with Crippen molar-refractivity contribution in [3.8, 4) is 0 Å². The molecule has 1 fully saturated rings. The van der Waals surface area contributed by atoms with Crippen LogP contribution in [0.4, 0.5) is 5.69 Å². The summed E-state index contributed by atoms with van der Waals surface area (Å²) >= 11 is 5.88. The summed E-state index contributed by atoms with van der Waals surface area (Å²) in [6, 6.07) is 14.5. The van der Waals surface area contributed by atoms with E-state index in [1.807, 2.05) is 31.2 Å². The molecule has 1 atom stereocenters. The molecular weight excluding hydrogens is 324 g/mol. The summed E-state index contributed by atoms with van der Waals surface area (Å²) < 4.78 is 0. The summed E-state index contributed by atoms with van der Waals surface area (Å²) in [5, 5.41) is 3.64. The van der Waals surface area contributed by atoms with E-state index in [2.05, 4.69) is 5.32 Å². The Morgan fingerprint density at radius 2 is 1.79 bits per heavy atom. The van der Waals surface area contributed by atoms with Crippen LogP contribution in [0.25, 0.3) is 0 Å². The Hall–Kier alpha value is -2.33. The molecule has 1 unspecified atom stereocenters. The number of carbonyl (C=O) groups excluding carboxylic acids is 2. The number of carbonyl (C=O) groups is 2. The number of halogens is 1. The number of rotatable bonds is 4. The van der Waals surface area contributed by atoms with Crippen molar-refractivity contribution in [1.82, 2.24) is 5.32 Å². The number of nitrogens with zero attached hydrogens (tertiary/aromatic N) is 1. The lowest BCUT2D eigenvalue weighted by atomic mass is 10.1. The van der Waals surface area contributed by atoms with E-state index >= 15 is 0 Å². The van der Waals surface area contributed by atoms with E-state index in [0.717, 1.165) is 24.2 Å². The van der Waals surface area contributed by atoms with Gasteiger partial charge < -0.3 is 10.2 Å². The van der Waals surface area contributed by atoms with Gasteiger partial charge >= 0.3 is 0 Å². The lowest BCUT2D eigenvalue weighted by molar-refractivity contribution is -0.117. The van der Waals surface area contributed by atoms with Gasteiger partial charge in [-0.1, -0.05) is 23.7 Å². The summed E-state index contributed by atoms with van der Waals surface area (Å²) in [4.78, 5) is 25.9. The normalized spacial score (nSPS) is 15.4. The van der Waals surface area contributed by atoms with E-state index in [9.17, 15) is 9.59 Å². The Bertz CT molecular complexity index is 741. The Balaban J connectivity index is 1.66. The molecule has 1 aliphatic heterocycles. The number of benzene rings is 2. The van der Waals surface area contributed by atoms with Crippen molar-refractivity contribution in [2.24, 2.45) is 0 Å². The molecule has 4 nitrogen and oxygen atoms in total. The molecule has 1 N–H and O–H groups in total. The number of hydrogen-bond donors (Lipinski definition) is 1. The number of amides is 2. The van der Waals surface area contributed by atoms with Crippen LogP contribution in [-0.2, 0) is 4.79 Å². The van der Waals surface area contributed by atoms with E-state index in [-0.39, 0.29) is 17.9 Å². The summed E-state index contributed by atoms with van der Waals surface area (Å²) in [5.74, 6) is 0.000288. The van der Waals surface area contributed by atoms with Gasteiger partial charge in [-0.3, -0.25) is 9.59 Å². The zero-order valence-electron chi connectivity index (χ0n) is 13.5. The maximum atomic E-state index is 12.4. The third kappa shape index (κ3) is 3.60. The molecular formula is C19H19ClN2O2. The van der Waals surface area contributed by atoms with E-state index in [4.69, 9.17) is 11.6 Å². The molecule has 0 spiro atoms. The van der Waals surface area contributed by atoms with E-state index in [1.54, 1.807) is 29.2 Å². The van der Waals surface area contributed by atoms with Crippen molar-refractivity contribution in [2.75, 3.05) is 11.4 Å². The molecule has 2 aromatic carbocycles. The van der Waals surface area contributed by atoms with Gasteiger partial charge in [-0.15, -0.1) is 0 Å². The quantitative estimate of drug-likeness (QED) is 0.914. The van der Waals surface area contributed by atoms with Crippen LogP contribution in [0, 0.1) is 0 Å². The molecule has 0 saturated carbocycles. The molecule has 5 heteroatoms. The van der Waals surface area contributed by atoms with Gasteiger partial charge in [-0.25, -0.2) is 0 Å². The number of anilines is 1. The molecule has 1 saturated heterocycles. The fourth-order valence-corrected chi connectivity index (χ4v) is 2.95. The third-order valence-corrected chi connectivity index (χ3v) is 4.48. The average molecular weight is 343 g/mol. The van der Waals surface area contributed by atoms with Crippen LogP contribution < -0.4 is 10.2 Å². The zero-order chi connectivity index (χ0) is 17.1. The highest BCUT2D eigenvalue weighted by molar-refractivity contribution is 6.30. The predicted molar refractivity (Wildman–Crippen MR) is 95.4 cm³/mol. The first-order valence-corrected chi connectivity index (χ1v) is 8.39. The zero-order valence-corrected chi connectivity index (χ0v) is 14.2. The van der Waals surface area contributed by atoms with Crippen molar-refractivity contribution in [3.63, 3.8) is 0 Å². The standard InChI is InChI=1S/C19H19ClN2O2/c1-13(14-4-8-16(20)9-5-14)21-19(24)15-6-10-17(11-7-15)22-12-2-3-18(22)23/h4-11,13H,2-3,12H2,1H3,(H,21,24). The van der Waals surface area contributed by atoms with E-state index in [0.29, 0.717) is 17.0 Å². The fraction of sp³-hybridized carbons (Fsp3) is 0.263. The van der Waals surface area contributed by atoms with Crippen LogP contribution in [0.3, 0.4) is 0 Å². The lowest BCUT2D eigenvalue weighted by Crippen LogP contribution is -2.27. The largest absolute Gasteiger partial charge is 0.346 e. The Morgan fingerprint density at radius 3 is 2.38 bits per heavy atom. The molecule has 124 valence electrons. The van der Waals surface area contributed by atoms with Crippen molar-refractivity contribution in [2.45, 2.75) is 25.8 Å².